The number of aromatic nitrogens is 3. The molecule has 2 fully saturated rings. The highest BCUT2D eigenvalue weighted by Gasteiger charge is 2.40. The van der Waals surface area contributed by atoms with Gasteiger partial charge in [-0.15, -0.1) is 10.2 Å². The van der Waals surface area contributed by atoms with Crippen molar-refractivity contribution in [2.75, 3.05) is 45.2 Å². The van der Waals surface area contributed by atoms with Gasteiger partial charge >= 0.3 is 6.18 Å². The normalized spacial score (nSPS) is 26.4. The zero-order valence-electron chi connectivity index (χ0n) is 23.6. The Morgan fingerprint density at radius 3 is 2.77 bits per heavy atom. The van der Waals surface area contributed by atoms with Crippen LogP contribution in [-0.4, -0.2) is 71.8 Å². The van der Waals surface area contributed by atoms with Crippen LogP contribution in [0.25, 0.3) is 0 Å². The molecule has 2 unspecified atom stereocenters. The van der Waals surface area contributed by atoms with E-state index < -0.39 is 17.8 Å². The van der Waals surface area contributed by atoms with Gasteiger partial charge < -0.3 is 19.9 Å². The van der Waals surface area contributed by atoms with Crippen LogP contribution in [0, 0.1) is 17.8 Å². The zero-order chi connectivity index (χ0) is 28.3. The predicted octanol–water partition coefficient (Wildman–Crippen LogP) is 5.11. The number of ether oxygens (including phenoxy) is 1. The van der Waals surface area contributed by atoms with Crippen LogP contribution in [0.5, 0.6) is 0 Å². The molecule has 2 N–H and O–H groups in total. The first-order valence-corrected chi connectivity index (χ1v) is 14.3. The maximum absolute atomic E-state index is 14.1. The summed E-state index contributed by atoms with van der Waals surface area (Å²) < 4.78 is 49.6. The third-order valence-electron chi connectivity index (χ3n) is 8.59. The summed E-state index contributed by atoms with van der Waals surface area (Å²) in [5.41, 5.74) is 2.02. The fraction of sp³-hybridized carbons (Fsp3) is 0.600. The number of hydrogen-bond donors (Lipinski definition) is 2. The van der Waals surface area contributed by atoms with E-state index >= 15 is 0 Å². The number of anilines is 1. The number of halogens is 3. The molecule has 2 aliphatic heterocycles. The summed E-state index contributed by atoms with van der Waals surface area (Å²) in [6.45, 7) is 5.47. The van der Waals surface area contributed by atoms with Crippen LogP contribution in [0.4, 0.5) is 18.9 Å². The second kappa shape index (κ2) is 12.3. The number of rotatable bonds is 10. The second-order valence-electron chi connectivity index (χ2n) is 11.9. The Morgan fingerprint density at radius 2 is 2.08 bits per heavy atom. The molecule has 218 valence electrons. The highest BCUT2D eigenvalue weighted by atomic mass is 19.4. The van der Waals surface area contributed by atoms with Gasteiger partial charge in [0.1, 0.15) is 12.2 Å². The lowest BCUT2D eigenvalue weighted by Gasteiger charge is -2.40. The Bertz CT molecular complexity index is 1200. The quantitative estimate of drug-likeness (QED) is 0.423. The monoisotopic (exact) mass is 558 g/mol. The standard InChI is InChI=1S/C30H41F3N6O/c1-20-6-5-9-39(16-20)17-22-12-26(30(31,32)33)27(35-14-22)15-34-25-8-4-7-23(13-25)28(29-37-36-19-38(29)2)24-10-21(11-24)18-40-3/h4,7-8,12-14,19-21,24,27-28,34-35H,5-6,9-11,15-18H2,1-3H3/t20-,21?,24?,27?,28?/m0/s1. The van der Waals surface area contributed by atoms with E-state index in [1.165, 1.54) is 12.5 Å². The topological polar surface area (TPSA) is 67.2 Å². The molecule has 1 aliphatic carbocycles. The number of methoxy groups -OCH3 is 1. The number of nitrogens with one attached hydrogen (secondary N) is 2. The second-order valence-corrected chi connectivity index (χ2v) is 11.9. The molecule has 0 spiro atoms. The first-order valence-electron chi connectivity index (χ1n) is 14.3. The number of likely N-dealkylation sites (tertiary alicyclic amines) is 1. The summed E-state index contributed by atoms with van der Waals surface area (Å²) in [5, 5.41) is 14.8. The smallest absolute Gasteiger partial charge is 0.384 e. The molecule has 7 nitrogen and oxygen atoms in total. The summed E-state index contributed by atoms with van der Waals surface area (Å²) in [5.74, 6) is 2.48. The summed E-state index contributed by atoms with van der Waals surface area (Å²) in [6, 6.07) is 7.11. The van der Waals surface area contributed by atoms with Crippen LogP contribution in [0.3, 0.4) is 0 Å². The number of dihydropyridines is 1. The van der Waals surface area contributed by atoms with Crippen molar-refractivity contribution >= 4 is 5.69 Å². The van der Waals surface area contributed by atoms with Gasteiger partial charge in [-0.1, -0.05) is 19.1 Å². The Hall–Kier alpha value is -2.85. The average molecular weight is 559 g/mol. The maximum atomic E-state index is 14.1. The molecular formula is C30H41F3N6O. The van der Waals surface area contributed by atoms with Gasteiger partial charge in [0.15, 0.2) is 0 Å². The highest BCUT2D eigenvalue weighted by Crippen LogP contribution is 2.46. The molecule has 1 aromatic carbocycles. The van der Waals surface area contributed by atoms with E-state index in [9.17, 15) is 13.2 Å². The van der Waals surface area contributed by atoms with Gasteiger partial charge in [0.2, 0.25) is 0 Å². The van der Waals surface area contributed by atoms with Crippen LogP contribution in [0.1, 0.15) is 49.9 Å². The van der Waals surface area contributed by atoms with Crippen molar-refractivity contribution in [3.63, 3.8) is 0 Å². The zero-order valence-corrected chi connectivity index (χ0v) is 23.6. The molecule has 0 amide bonds. The number of alkyl halides is 3. The van der Waals surface area contributed by atoms with Gasteiger partial charge in [-0.05, 0) is 79.3 Å². The van der Waals surface area contributed by atoms with Gasteiger partial charge in [0.25, 0.3) is 0 Å². The van der Waals surface area contributed by atoms with Crippen LogP contribution in [-0.2, 0) is 11.8 Å². The number of hydrogen-bond acceptors (Lipinski definition) is 6. The molecule has 40 heavy (non-hydrogen) atoms. The van der Waals surface area contributed by atoms with E-state index in [2.05, 4.69) is 38.7 Å². The SMILES string of the molecule is COCC1CC(C(c2cccc(NCC3NC=C(CN4CCC[C@H](C)C4)C=C3C(F)(F)F)c2)c2nncn2C)C1. The predicted molar refractivity (Wildman–Crippen MR) is 150 cm³/mol. The molecular weight excluding hydrogens is 517 g/mol. The Balaban J connectivity index is 1.27. The van der Waals surface area contributed by atoms with Crippen LogP contribution in [0.2, 0.25) is 0 Å². The largest absolute Gasteiger partial charge is 0.414 e. The van der Waals surface area contributed by atoms with Gasteiger partial charge in [-0.3, -0.25) is 4.90 Å². The van der Waals surface area contributed by atoms with Crippen LogP contribution >= 0.6 is 0 Å². The maximum Gasteiger partial charge on any atom is 0.414 e. The van der Waals surface area contributed by atoms with Crippen molar-refractivity contribution in [2.45, 2.75) is 50.7 Å². The third-order valence-corrected chi connectivity index (χ3v) is 8.59. The fourth-order valence-electron chi connectivity index (χ4n) is 6.57. The first kappa shape index (κ1) is 28.7. The third kappa shape index (κ3) is 6.71. The van der Waals surface area contributed by atoms with Gasteiger partial charge in [0.05, 0.1) is 11.6 Å². The Morgan fingerprint density at radius 1 is 1.25 bits per heavy atom. The minimum absolute atomic E-state index is 0.0591. The van der Waals surface area contributed by atoms with Crippen LogP contribution in [0.15, 0.2) is 54.0 Å². The number of nitrogens with zero attached hydrogens (tertiary/aromatic N) is 4. The lowest BCUT2D eigenvalue weighted by molar-refractivity contribution is -0.0962. The van der Waals surface area contributed by atoms with E-state index in [4.69, 9.17) is 4.74 Å². The average Bonchev–Trinajstić information content (AvgIpc) is 3.31. The van der Waals surface area contributed by atoms with E-state index in [1.807, 2.05) is 29.8 Å². The Labute approximate surface area is 234 Å². The highest BCUT2D eigenvalue weighted by molar-refractivity contribution is 5.49. The minimum Gasteiger partial charge on any atom is -0.384 e. The van der Waals surface area contributed by atoms with E-state index in [-0.39, 0.29) is 12.5 Å². The van der Waals surface area contributed by atoms with Crippen molar-refractivity contribution in [3.05, 3.63) is 65.4 Å². The van der Waals surface area contributed by atoms with E-state index in [0.717, 1.165) is 56.0 Å². The van der Waals surface area contributed by atoms with E-state index in [1.54, 1.807) is 19.6 Å². The molecule has 0 bridgehead atoms. The molecule has 1 saturated carbocycles. The minimum atomic E-state index is -4.41. The summed E-state index contributed by atoms with van der Waals surface area (Å²) in [4.78, 5) is 2.25. The fourth-order valence-corrected chi connectivity index (χ4v) is 6.57. The number of aryl methyl sites for hydroxylation is 1. The van der Waals surface area contributed by atoms with Gasteiger partial charge in [-0.2, -0.15) is 13.2 Å². The molecule has 3 heterocycles. The molecule has 10 heteroatoms. The number of piperidine rings is 1. The van der Waals surface area contributed by atoms with Crippen molar-refractivity contribution in [1.29, 1.82) is 0 Å². The van der Waals surface area contributed by atoms with Crippen LogP contribution < -0.4 is 10.6 Å². The summed E-state index contributed by atoms with van der Waals surface area (Å²) in [7, 11) is 3.68. The lowest BCUT2D eigenvalue weighted by Crippen LogP contribution is -2.42. The molecule has 1 saturated heterocycles. The van der Waals surface area contributed by atoms with E-state index in [0.29, 0.717) is 29.9 Å². The van der Waals surface area contributed by atoms with Gasteiger partial charge in [0, 0.05) is 58.2 Å². The molecule has 3 aliphatic rings. The summed E-state index contributed by atoms with van der Waals surface area (Å²) in [6.07, 6.45) is 4.76. The molecule has 3 atom stereocenters. The van der Waals surface area contributed by atoms with Crippen molar-refractivity contribution in [2.24, 2.45) is 24.8 Å². The van der Waals surface area contributed by atoms with Crippen molar-refractivity contribution in [3.8, 4) is 0 Å². The molecule has 2 aromatic rings. The lowest BCUT2D eigenvalue weighted by atomic mass is 9.66. The molecule has 0 radical (unpaired) electrons. The molecule has 5 rings (SSSR count). The summed E-state index contributed by atoms with van der Waals surface area (Å²) >= 11 is 0. The van der Waals surface area contributed by atoms with Gasteiger partial charge in [-0.25, -0.2) is 0 Å². The van der Waals surface area contributed by atoms with Crippen molar-refractivity contribution in [1.82, 2.24) is 25.0 Å². The first-order chi connectivity index (χ1) is 19.2. The van der Waals surface area contributed by atoms with Crippen molar-refractivity contribution < 1.29 is 17.9 Å². The number of benzene rings is 1. The molecule has 1 aromatic heterocycles. The Kier molecular flexibility index (Phi) is 8.85.